The number of hydrogen-bond donors (Lipinski definition) is 2. The largest absolute Gasteiger partial charge is 0.476 e. The standard InChI is InChI=1S/C11H12N4O3S/c1-15-5-4-13-9(10(15)16)12-3-2-8-14-7(6-19-8)11(17)18/h4-6H,2-3H2,1H3,(H,12,13)(H,17,18). The van der Waals surface area contributed by atoms with Crippen molar-refractivity contribution in [1.82, 2.24) is 14.5 Å². The number of carboxylic acids is 1. The molecule has 7 nitrogen and oxygen atoms in total. The smallest absolute Gasteiger partial charge is 0.355 e. The van der Waals surface area contributed by atoms with E-state index in [1.807, 2.05) is 0 Å². The van der Waals surface area contributed by atoms with Gasteiger partial charge < -0.3 is 15.0 Å². The van der Waals surface area contributed by atoms with Crippen molar-refractivity contribution in [3.05, 3.63) is 38.8 Å². The zero-order valence-corrected chi connectivity index (χ0v) is 11.0. The second-order valence-corrected chi connectivity index (χ2v) is 4.74. The molecular weight excluding hydrogens is 268 g/mol. The number of rotatable bonds is 5. The maximum Gasteiger partial charge on any atom is 0.355 e. The second kappa shape index (κ2) is 5.61. The highest BCUT2D eigenvalue weighted by molar-refractivity contribution is 7.09. The van der Waals surface area contributed by atoms with Crippen LogP contribution in [0.1, 0.15) is 15.5 Å². The molecule has 2 heterocycles. The Morgan fingerprint density at radius 3 is 3.05 bits per heavy atom. The van der Waals surface area contributed by atoms with Gasteiger partial charge in [-0.2, -0.15) is 0 Å². The molecule has 0 unspecified atom stereocenters. The minimum Gasteiger partial charge on any atom is -0.476 e. The van der Waals surface area contributed by atoms with E-state index >= 15 is 0 Å². The van der Waals surface area contributed by atoms with Crippen LogP contribution in [0.4, 0.5) is 5.82 Å². The van der Waals surface area contributed by atoms with Gasteiger partial charge in [0.15, 0.2) is 11.5 Å². The van der Waals surface area contributed by atoms with Gasteiger partial charge >= 0.3 is 5.97 Å². The Labute approximate surface area is 112 Å². The fourth-order valence-electron chi connectivity index (χ4n) is 1.43. The highest BCUT2D eigenvalue weighted by Crippen LogP contribution is 2.10. The SMILES string of the molecule is Cn1ccnc(NCCc2nc(C(=O)O)cs2)c1=O. The molecule has 2 aromatic heterocycles. The van der Waals surface area contributed by atoms with E-state index in [2.05, 4.69) is 15.3 Å². The topological polar surface area (TPSA) is 97.1 Å². The molecule has 0 aliphatic carbocycles. The van der Waals surface area contributed by atoms with Crippen LogP contribution >= 0.6 is 11.3 Å². The summed E-state index contributed by atoms with van der Waals surface area (Å²) >= 11 is 1.28. The normalized spacial score (nSPS) is 10.4. The van der Waals surface area contributed by atoms with Crippen molar-refractivity contribution in [2.24, 2.45) is 7.05 Å². The van der Waals surface area contributed by atoms with Crippen molar-refractivity contribution >= 4 is 23.1 Å². The van der Waals surface area contributed by atoms with Crippen LogP contribution < -0.4 is 10.9 Å². The molecule has 100 valence electrons. The van der Waals surface area contributed by atoms with E-state index in [4.69, 9.17) is 5.11 Å². The Morgan fingerprint density at radius 2 is 2.37 bits per heavy atom. The fourth-order valence-corrected chi connectivity index (χ4v) is 2.20. The Morgan fingerprint density at radius 1 is 1.58 bits per heavy atom. The third kappa shape index (κ3) is 3.16. The fraction of sp³-hybridized carbons (Fsp3) is 0.273. The molecule has 0 aromatic carbocycles. The number of aromatic nitrogens is 3. The van der Waals surface area contributed by atoms with Gasteiger partial charge in [0.05, 0.1) is 5.01 Å². The van der Waals surface area contributed by atoms with E-state index in [-0.39, 0.29) is 17.1 Å². The predicted octanol–water partition coefficient (Wildman–Crippen LogP) is 0.590. The number of thiazole rings is 1. The van der Waals surface area contributed by atoms with Gasteiger partial charge in [-0.15, -0.1) is 11.3 Å². The summed E-state index contributed by atoms with van der Waals surface area (Å²) in [5, 5.41) is 13.9. The van der Waals surface area contributed by atoms with Crippen LogP contribution in [0.15, 0.2) is 22.6 Å². The first-order valence-corrected chi connectivity index (χ1v) is 6.39. The molecule has 8 heteroatoms. The van der Waals surface area contributed by atoms with Gasteiger partial charge in [-0.1, -0.05) is 0 Å². The van der Waals surface area contributed by atoms with Crippen LogP contribution in [0.2, 0.25) is 0 Å². The lowest BCUT2D eigenvalue weighted by Crippen LogP contribution is -2.22. The van der Waals surface area contributed by atoms with E-state index < -0.39 is 5.97 Å². The van der Waals surface area contributed by atoms with Crippen molar-refractivity contribution in [2.45, 2.75) is 6.42 Å². The molecule has 2 N–H and O–H groups in total. The highest BCUT2D eigenvalue weighted by atomic mass is 32.1. The summed E-state index contributed by atoms with van der Waals surface area (Å²) in [6.45, 7) is 0.471. The van der Waals surface area contributed by atoms with Crippen molar-refractivity contribution in [2.75, 3.05) is 11.9 Å². The zero-order chi connectivity index (χ0) is 13.8. The summed E-state index contributed by atoms with van der Waals surface area (Å²) < 4.78 is 1.43. The molecule has 19 heavy (non-hydrogen) atoms. The molecule has 0 amide bonds. The highest BCUT2D eigenvalue weighted by Gasteiger charge is 2.08. The Hall–Kier alpha value is -2.22. The first kappa shape index (κ1) is 13.2. The van der Waals surface area contributed by atoms with Crippen LogP contribution in [0.5, 0.6) is 0 Å². The Balaban J connectivity index is 1.94. The molecule has 0 radical (unpaired) electrons. The number of aromatic carboxylic acids is 1. The van der Waals surface area contributed by atoms with Crippen LogP contribution in [0.3, 0.4) is 0 Å². The van der Waals surface area contributed by atoms with Gasteiger partial charge in [-0.05, 0) is 0 Å². The van der Waals surface area contributed by atoms with E-state index in [1.54, 1.807) is 13.2 Å². The number of hydrogen-bond acceptors (Lipinski definition) is 6. The minimum absolute atomic E-state index is 0.0498. The molecule has 0 aliphatic heterocycles. The van der Waals surface area contributed by atoms with E-state index in [1.165, 1.54) is 27.5 Å². The van der Waals surface area contributed by atoms with E-state index in [9.17, 15) is 9.59 Å². The molecule has 0 bridgehead atoms. The Bertz CT molecular complexity index is 649. The summed E-state index contributed by atoms with van der Waals surface area (Å²) in [7, 11) is 1.65. The number of carbonyl (C=O) groups is 1. The quantitative estimate of drug-likeness (QED) is 0.832. The van der Waals surface area contributed by atoms with Crippen LogP contribution in [0, 0.1) is 0 Å². The molecule has 0 atom stereocenters. The summed E-state index contributed by atoms with van der Waals surface area (Å²) in [5.74, 6) is -0.755. The molecule has 2 aromatic rings. The molecular formula is C11H12N4O3S. The maximum absolute atomic E-state index is 11.7. The minimum atomic E-state index is -1.03. The lowest BCUT2D eigenvalue weighted by Gasteiger charge is -2.04. The average Bonchev–Trinajstić information content (AvgIpc) is 2.83. The van der Waals surface area contributed by atoms with Crippen molar-refractivity contribution < 1.29 is 9.90 Å². The number of nitrogens with one attached hydrogen (secondary N) is 1. The number of carboxylic acid groups (broad SMARTS) is 1. The lowest BCUT2D eigenvalue weighted by atomic mass is 10.4. The monoisotopic (exact) mass is 280 g/mol. The van der Waals surface area contributed by atoms with Crippen molar-refractivity contribution in [1.29, 1.82) is 0 Å². The third-order valence-corrected chi connectivity index (χ3v) is 3.33. The molecule has 2 rings (SSSR count). The summed E-state index contributed by atoms with van der Waals surface area (Å²) in [6.07, 6.45) is 3.65. The first-order chi connectivity index (χ1) is 9.08. The molecule has 0 saturated carbocycles. The van der Waals surface area contributed by atoms with Gasteiger partial charge in [0.2, 0.25) is 0 Å². The summed E-state index contributed by atoms with van der Waals surface area (Å²) in [4.78, 5) is 30.2. The average molecular weight is 280 g/mol. The van der Waals surface area contributed by atoms with E-state index in [0.717, 1.165) is 0 Å². The van der Waals surface area contributed by atoms with Crippen molar-refractivity contribution in [3.8, 4) is 0 Å². The third-order valence-electron chi connectivity index (χ3n) is 2.42. The van der Waals surface area contributed by atoms with Gasteiger partial charge in [-0.3, -0.25) is 4.79 Å². The first-order valence-electron chi connectivity index (χ1n) is 5.51. The molecule has 0 aliphatic rings. The number of anilines is 1. The Kier molecular flexibility index (Phi) is 3.91. The predicted molar refractivity (Wildman–Crippen MR) is 70.7 cm³/mol. The van der Waals surface area contributed by atoms with Crippen LogP contribution in [0.25, 0.3) is 0 Å². The van der Waals surface area contributed by atoms with Gasteiger partial charge in [0.1, 0.15) is 0 Å². The lowest BCUT2D eigenvalue weighted by molar-refractivity contribution is 0.0691. The van der Waals surface area contributed by atoms with E-state index in [0.29, 0.717) is 18.0 Å². The molecule has 0 saturated heterocycles. The van der Waals surface area contributed by atoms with Crippen LogP contribution in [-0.4, -0.2) is 32.2 Å². The number of aryl methyl sites for hydroxylation is 1. The van der Waals surface area contributed by atoms with Gasteiger partial charge in [0.25, 0.3) is 5.56 Å². The van der Waals surface area contributed by atoms with Gasteiger partial charge in [0, 0.05) is 37.8 Å². The maximum atomic E-state index is 11.7. The zero-order valence-electron chi connectivity index (χ0n) is 10.2. The molecule has 0 fully saturated rings. The molecule has 0 spiro atoms. The summed E-state index contributed by atoms with van der Waals surface area (Å²) in [5.41, 5.74) is -0.151. The van der Waals surface area contributed by atoms with Gasteiger partial charge in [-0.25, -0.2) is 14.8 Å². The summed E-state index contributed by atoms with van der Waals surface area (Å²) in [6, 6.07) is 0. The number of nitrogens with zero attached hydrogens (tertiary/aromatic N) is 3. The van der Waals surface area contributed by atoms with Crippen LogP contribution in [-0.2, 0) is 13.5 Å². The van der Waals surface area contributed by atoms with Crippen molar-refractivity contribution in [3.63, 3.8) is 0 Å². The second-order valence-electron chi connectivity index (χ2n) is 3.80.